The average molecular weight is 379 g/mol. The Morgan fingerprint density at radius 1 is 1.53 bits per heavy atom. The first kappa shape index (κ1) is 14.1. The molecule has 1 aliphatic carbocycles. The third-order valence-electron chi connectivity index (χ3n) is 2.80. The third-order valence-corrected chi connectivity index (χ3v) is 7.84. The topological polar surface area (TPSA) is 46.2 Å². The fourth-order valence-electron chi connectivity index (χ4n) is 1.66. The van der Waals surface area contributed by atoms with E-state index in [1.807, 2.05) is 0 Å². The molecule has 1 aromatic rings. The van der Waals surface area contributed by atoms with Crippen molar-refractivity contribution in [3.8, 4) is 0 Å². The Hall–Kier alpha value is 0.670. The van der Waals surface area contributed by atoms with Gasteiger partial charge in [0.15, 0.2) is 0 Å². The first-order valence-corrected chi connectivity index (χ1v) is 8.94. The summed E-state index contributed by atoms with van der Waals surface area (Å²) in [6.45, 7) is 0. The van der Waals surface area contributed by atoms with Gasteiger partial charge in [-0.25, -0.2) is 13.1 Å². The van der Waals surface area contributed by atoms with Crippen LogP contribution in [0.2, 0.25) is 5.02 Å². The second-order valence-corrected chi connectivity index (χ2v) is 9.01. The molecule has 96 valence electrons. The van der Waals surface area contributed by atoms with Crippen LogP contribution in [0.1, 0.15) is 19.3 Å². The van der Waals surface area contributed by atoms with Crippen molar-refractivity contribution in [1.82, 2.24) is 4.72 Å². The van der Waals surface area contributed by atoms with Gasteiger partial charge in [0.05, 0.1) is 8.81 Å². The normalized spacial score (nSPS) is 19.0. The number of hydrogen-bond donors (Lipinski definition) is 1. The number of halogens is 3. The molecule has 1 fully saturated rings. The van der Waals surface area contributed by atoms with Crippen LogP contribution >= 0.6 is 50.5 Å². The minimum atomic E-state index is -3.52. The van der Waals surface area contributed by atoms with Gasteiger partial charge in [-0.15, -0.1) is 22.9 Å². The Balaban J connectivity index is 2.25. The zero-order valence-corrected chi connectivity index (χ0v) is 13.4. The number of hydrogen-bond acceptors (Lipinski definition) is 3. The summed E-state index contributed by atoms with van der Waals surface area (Å²) in [5.74, 6) is 0.298. The number of alkyl halides is 1. The molecule has 3 nitrogen and oxygen atoms in total. The lowest BCUT2D eigenvalue weighted by Gasteiger charge is -2.40. The predicted octanol–water partition coefficient (Wildman–Crippen LogP) is 3.60. The molecule has 0 spiro atoms. The molecule has 0 aromatic carbocycles. The van der Waals surface area contributed by atoms with E-state index in [2.05, 4.69) is 20.7 Å². The molecule has 0 aliphatic heterocycles. The minimum absolute atomic E-state index is 0.214. The highest BCUT2D eigenvalue weighted by Crippen LogP contribution is 2.38. The lowest BCUT2D eigenvalue weighted by Crippen LogP contribution is -2.54. The molecule has 1 N–H and O–H groups in total. The lowest BCUT2D eigenvalue weighted by molar-refractivity contribution is 0.252. The number of rotatable bonds is 4. The van der Waals surface area contributed by atoms with Gasteiger partial charge in [-0.3, -0.25) is 0 Å². The SMILES string of the molecule is O=S(=O)(NC1(CCl)CCC1)c1cc(Cl)c(Br)s1. The highest BCUT2D eigenvalue weighted by atomic mass is 79.9. The van der Waals surface area contributed by atoms with Crippen LogP contribution in [-0.2, 0) is 10.0 Å². The van der Waals surface area contributed by atoms with Crippen LogP contribution in [0, 0.1) is 0 Å². The minimum Gasteiger partial charge on any atom is -0.206 e. The molecule has 0 unspecified atom stereocenters. The molecule has 2 rings (SSSR count). The van der Waals surface area contributed by atoms with Crippen molar-refractivity contribution in [2.45, 2.75) is 29.0 Å². The Morgan fingerprint density at radius 3 is 2.53 bits per heavy atom. The summed E-state index contributed by atoms with van der Waals surface area (Å²) in [6.07, 6.45) is 2.58. The molecule has 0 radical (unpaired) electrons. The summed E-state index contributed by atoms with van der Waals surface area (Å²) in [7, 11) is -3.52. The zero-order valence-electron chi connectivity index (χ0n) is 8.67. The molecule has 1 heterocycles. The van der Waals surface area contributed by atoms with Crippen LogP contribution in [-0.4, -0.2) is 19.8 Å². The highest BCUT2D eigenvalue weighted by Gasteiger charge is 2.40. The van der Waals surface area contributed by atoms with Crippen molar-refractivity contribution in [3.05, 3.63) is 14.9 Å². The van der Waals surface area contributed by atoms with Gasteiger partial charge in [0.25, 0.3) is 10.0 Å². The van der Waals surface area contributed by atoms with Crippen LogP contribution in [0.15, 0.2) is 14.1 Å². The van der Waals surface area contributed by atoms with Gasteiger partial charge in [0.1, 0.15) is 4.21 Å². The Bertz CT molecular complexity index is 500. The largest absolute Gasteiger partial charge is 0.250 e. The highest BCUT2D eigenvalue weighted by molar-refractivity contribution is 9.11. The van der Waals surface area contributed by atoms with E-state index < -0.39 is 15.6 Å². The number of sulfonamides is 1. The molecular formula is C9H10BrCl2NO2S2. The lowest BCUT2D eigenvalue weighted by atomic mass is 9.79. The van der Waals surface area contributed by atoms with E-state index in [0.717, 1.165) is 30.6 Å². The number of thiophene rings is 1. The predicted molar refractivity (Wildman–Crippen MR) is 74.7 cm³/mol. The maximum absolute atomic E-state index is 12.1. The quantitative estimate of drug-likeness (QED) is 0.813. The maximum Gasteiger partial charge on any atom is 0.250 e. The molecule has 1 aliphatic rings. The zero-order chi connectivity index (χ0) is 12.7. The van der Waals surface area contributed by atoms with E-state index in [9.17, 15) is 8.42 Å². The van der Waals surface area contributed by atoms with E-state index in [0.29, 0.717) is 14.7 Å². The molecule has 17 heavy (non-hydrogen) atoms. The number of nitrogens with one attached hydrogen (secondary N) is 1. The second-order valence-electron chi connectivity index (χ2n) is 4.06. The fraction of sp³-hybridized carbons (Fsp3) is 0.556. The molecule has 0 bridgehead atoms. The van der Waals surface area contributed by atoms with Crippen LogP contribution < -0.4 is 4.72 Å². The van der Waals surface area contributed by atoms with Gasteiger partial charge >= 0.3 is 0 Å². The van der Waals surface area contributed by atoms with E-state index in [-0.39, 0.29) is 4.21 Å². The first-order valence-electron chi connectivity index (χ1n) is 4.93. The smallest absolute Gasteiger partial charge is 0.206 e. The van der Waals surface area contributed by atoms with Gasteiger partial charge < -0.3 is 0 Å². The second kappa shape index (κ2) is 4.98. The standard InChI is InChI=1S/C9H10BrCl2NO2S2/c10-8-6(12)4-7(16-8)17(14,15)13-9(5-11)2-1-3-9/h4,13H,1-3,5H2. The first-order chi connectivity index (χ1) is 7.88. The average Bonchev–Trinajstić information content (AvgIpc) is 2.54. The van der Waals surface area contributed by atoms with Gasteiger partial charge in [-0.05, 0) is 41.3 Å². The summed E-state index contributed by atoms with van der Waals surface area (Å²) in [5.41, 5.74) is -0.469. The van der Waals surface area contributed by atoms with E-state index in [4.69, 9.17) is 23.2 Å². The monoisotopic (exact) mass is 377 g/mol. The molecule has 1 saturated carbocycles. The molecule has 0 saturated heterocycles. The molecule has 8 heteroatoms. The molecule has 0 atom stereocenters. The van der Waals surface area contributed by atoms with E-state index in [1.165, 1.54) is 6.07 Å². The van der Waals surface area contributed by atoms with Crippen LogP contribution in [0.25, 0.3) is 0 Å². The van der Waals surface area contributed by atoms with Crippen molar-refractivity contribution in [2.24, 2.45) is 0 Å². The van der Waals surface area contributed by atoms with Crippen LogP contribution in [0.5, 0.6) is 0 Å². The summed E-state index contributed by atoms with van der Waals surface area (Å²) in [6, 6.07) is 1.44. The Kier molecular flexibility index (Phi) is 4.13. The van der Waals surface area contributed by atoms with Crippen LogP contribution in [0.4, 0.5) is 0 Å². The molecule has 1 aromatic heterocycles. The van der Waals surface area contributed by atoms with E-state index >= 15 is 0 Å². The third kappa shape index (κ3) is 2.82. The van der Waals surface area contributed by atoms with Crippen LogP contribution in [0.3, 0.4) is 0 Å². The fourth-order valence-corrected chi connectivity index (χ4v) is 5.93. The van der Waals surface area contributed by atoms with Crippen molar-refractivity contribution in [1.29, 1.82) is 0 Å². The molecular weight excluding hydrogens is 369 g/mol. The summed E-state index contributed by atoms with van der Waals surface area (Å²) in [5, 5.41) is 0.406. The summed E-state index contributed by atoms with van der Waals surface area (Å²) >= 11 is 16.0. The van der Waals surface area contributed by atoms with Crippen molar-refractivity contribution < 1.29 is 8.42 Å². The van der Waals surface area contributed by atoms with Crippen molar-refractivity contribution >= 4 is 60.5 Å². The van der Waals surface area contributed by atoms with Gasteiger partial charge in [-0.2, -0.15) is 0 Å². The Labute approximate surface area is 123 Å². The van der Waals surface area contributed by atoms with Crippen molar-refractivity contribution in [3.63, 3.8) is 0 Å². The summed E-state index contributed by atoms with van der Waals surface area (Å²) in [4.78, 5) is 0. The van der Waals surface area contributed by atoms with Gasteiger partial charge in [0, 0.05) is 11.4 Å². The van der Waals surface area contributed by atoms with Gasteiger partial charge in [-0.1, -0.05) is 11.6 Å². The maximum atomic E-state index is 12.1. The Morgan fingerprint density at radius 2 is 2.18 bits per heavy atom. The van der Waals surface area contributed by atoms with E-state index in [1.54, 1.807) is 0 Å². The summed E-state index contributed by atoms with van der Waals surface area (Å²) < 4.78 is 27.8. The van der Waals surface area contributed by atoms with Gasteiger partial charge in [0.2, 0.25) is 0 Å². The molecule has 0 amide bonds. The van der Waals surface area contributed by atoms with Crippen molar-refractivity contribution in [2.75, 3.05) is 5.88 Å².